The minimum absolute atomic E-state index is 0.215. The number of aliphatic carboxylic acids is 1. The second-order valence-electron chi connectivity index (χ2n) is 7.90. The Kier molecular flexibility index (Phi) is 6.43. The molecule has 0 unspecified atom stereocenters. The summed E-state index contributed by atoms with van der Waals surface area (Å²) in [5, 5.41) is 8.96. The first-order chi connectivity index (χ1) is 15.1. The van der Waals surface area contributed by atoms with Crippen molar-refractivity contribution in [1.82, 2.24) is 14.3 Å². The van der Waals surface area contributed by atoms with E-state index in [4.69, 9.17) is 10.1 Å². The van der Waals surface area contributed by atoms with Crippen LogP contribution in [0.3, 0.4) is 0 Å². The number of fused-ring (bicyclic) bond motifs is 1. The smallest absolute Gasteiger partial charge is 0.309 e. The fourth-order valence-corrected chi connectivity index (χ4v) is 3.78. The Morgan fingerprint density at radius 2 is 1.94 bits per heavy atom. The summed E-state index contributed by atoms with van der Waals surface area (Å²) in [6.45, 7) is 4.01. The van der Waals surface area contributed by atoms with Gasteiger partial charge in [0.25, 0.3) is 0 Å². The SMILES string of the molecule is C\C=C/C(=C\C=C\CN1CC(C(=O)O)C1)c1cn2cc(Cc3ccccc3)ccc2n1. The first-order valence-corrected chi connectivity index (χ1v) is 10.6. The quantitative estimate of drug-likeness (QED) is 0.554. The number of rotatable bonds is 8. The van der Waals surface area contributed by atoms with Crippen molar-refractivity contribution >= 4 is 17.2 Å². The number of pyridine rings is 1. The molecule has 3 heterocycles. The summed E-state index contributed by atoms with van der Waals surface area (Å²) in [4.78, 5) is 17.8. The van der Waals surface area contributed by atoms with E-state index in [9.17, 15) is 4.79 Å². The topological polar surface area (TPSA) is 57.8 Å². The van der Waals surface area contributed by atoms with Gasteiger partial charge in [0.1, 0.15) is 5.65 Å². The molecule has 0 amide bonds. The van der Waals surface area contributed by atoms with Gasteiger partial charge in [-0.15, -0.1) is 0 Å². The molecule has 5 nitrogen and oxygen atoms in total. The molecular formula is C26H27N3O2. The fourth-order valence-electron chi connectivity index (χ4n) is 3.78. The summed E-state index contributed by atoms with van der Waals surface area (Å²) in [6.07, 6.45) is 15.3. The first kappa shape index (κ1) is 20.8. The number of nitrogens with zero attached hydrogens (tertiary/aromatic N) is 3. The van der Waals surface area contributed by atoms with Crippen LogP contribution in [0.5, 0.6) is 0 Å². The van der Waals surface area contributed by atoms with E-state index in [1.807, 2.05) is 25.1 Å². The van der Waals surface area contributed by atoms with Crippen molar-refractivity contribution in [2.75, 3.05) is 19.6 Å². The number of allylic oxidation sites excluding steroid dienone is 5. The number of hydrogen-bond acceptors (Lipinski definition) is 3. The Morgan fingerprint density at radius 3 is 2.68 bits per heavy atom. The van der Waals surface area contributed by atoms with Crippen LogP contribution in [0.15, 0.2) is 85.2 Å². The van der Waals surface area contributed by atoms with E-state index in [2.05, 4.69) is 76.3 Å². The van der Waals surface area contributed by atoms with Crippen molar-refractivity contribution in [1.29, 1.82) is 0 Å². The molecule has 1 aliphatic rings. The van der Waals surface area contributed by atoms with Crippen LogP contribution in [-0.4, -0.2) is 45.0 Å². The molecule has 0 radical (unpaired) electrons. The highest BCUT2D eigenvalue weighted by atomic mass is 16.4. The summed E-state index contributed by atoms with van der Waals surface area (Å²) in [7, 11) is 0. The number of imidazole rings is 1. The molecule has 4 rings (SSSR count). The Hall–Kier alpha value is -3.44. The zero-order valence-corrected chi connectivity index (χ0v) is 17.7. The monoisotopic (exact) mass is 413 g/mol. The highest BCUT2D eigenvalue weighted by molar-refractivity contribution is 5.74. The molecule has 0 aliphatic carbocycles. The number of benzene rings is 1. The van der Waals surface area contributed by atoms with E-state index < -0.39 is 5.97 Å². The van der Waals surface area contributed by atoms with Crippen LogP contribution in [0.4, 0.5) is 0 Å². The Morgan fingerprint density at radius 1 is 1.13 bits per heavy atom. The number of carboxylic acid groups (broad SMARTS) is 1. The molecular weight excluding hydrogens is 386 g/mol. The molecule has 31 heavy (non-hydrogen) atoms. The third kappa shape index (κ3) is 5.19. The fraction of sp³-hybridized carbons (Fsp3) is 0.231. The van der Waals surface area contributed by atoms with Gasteiger partial charge in [0.15, 0.2) is 0 Å². The van der Waals surface area contributed by atoms with Crippen LogP contribution in [0.25, 0.3) is 11.2 Å². The van der Waals surface area contributed by atoms with Crippen LogP contribution in [0.1, 0.15) is 23.7 Å². The van der Waals surface area contributed by atoms with E-state index in [1.54, 1.807) is 0 Å². The van der Waals surface area contributed by atoms with E-state index in [1.165, 1.54) is 11.1 Å². The van der Waals surface area contributed by atoms with Gasteiger partial charge in [-0.2, -0.15) is 0 Å². The Balaban J connectivity index is 1.46. The van der Waals surface area contributed by atoms with Gasteiger partial charge in [-0.1, -0.05) is 66.8 Å². The maximum Gasteiger partial charge on any atom is 0.309 e. The molecule has 1 aliphatic heterocycles. The average Bonchev–Trinajstić information content (AvgIpc) is 3.15. The van der Waals surface area contributed by atoms with Gasteiger partial charge in [-0.05, 0) is 30.5 Å². The zero-order chi connectivity index (χ0) is 21.6. The maximum atomic E-state index is 10.9. The predicted molar refractivity (Wildman–Crippen MR) is 124 cm³/mol. The average molecular weight is 414 g/mol. The summed E-state index contributed by atoms with van der Waals surface area (Å²) in [6, 6.07) is 14.7. The molecule has 2 aromatic heterocycles. The van der Waals surface area contributed by atoms with Crippen molar-refractivity contribution in [2.24, 2.45) is 5.92 Å². The Bertz CT molecular complexity index is 1140. The van der Waals surface area contributed by atoms with Crippen LogP contribution in [-0.2, 0) is 11.2 Å². The number of hydrogen-bond donors (Lipinski definition) is 1. The maximum absolute atomic E-state index is 10.9. The third-order valence-electron chi connectivity index (χ3n) is 5.49. The van der Waals surface area contributed by atoms with Crippen molar-refractivity contribution < 1.29 is 9.90 Å². The molecule has 0 spiro atoms. The molecule has 158 valence electrons. The minimum atomic E-state index is -0.700. The van der Waals surface area contributed by atoms with Gasteiger partial charge in [-0.3, -0.25) is 9.69 Å². The predicted octanol–water partition coefficient (Wildman–Crippen LogP) is 4.46. The van der Waals surface area contributed by atoms with Crippen LogP contribution < -0.4 is 0 Å². The third-order valence-corrected chi connectivity index (χ3v) is 5.49. The second-order valence-corrected chi connectivity index (χ2v) is 7.90. The van der Waals surface area contributed by atoms with Crippen molar-refractivity contribution in [2.45, 2.75) is 13.3 Å². The zero-order valence-electron chi connectivity index (χ0n) is 17.7. The van der Waals surface area contributed by atoms with E-state index in [-0.39, 0.29) is 5.92 Å². The molecule has 3 aromatic rings. The van der Waals surface area contributed by atoms with Crippen LogP contribution >= 0.6 is 0 Å². The van der Waals surface area contributed by atoms with Crippen molar-refractivity contribution in [3.63, 3.8) is 0 Å². The summed E-state index contributed by atoms with van der Waals surface area (Å²) < 4.78 is 2.08. The van der Waals surface area contributed by atoms with Gasteiger partial charge in [0.2, 0.25) is 0 Å². The lowest BCUT2D eigenvalue weighted by molar-refractivity contribution is -0.147. The number of carboxylic acids is 1. The van der Waals surface area contributed by atoms with Gasteiger partial charge < -0.3 is 9.51 Å². The molecule has 1 aromatic carbocycles. The first-order valence-electron chi connectivity index (χ1n) is 10.6. The minimum Gasteiger partial charge on any atom is -0.481 e. The standard InChI is InChI=1S/C26H27N3O2/c1-2-8-22(11-6-7-14-28-17-23(18-28)26(30)31)24-19-29-16-21(12-13-25(29)27-24)15-20-9-4-3-5-10-20/h2-13,16,19,23H,14-15,17-18H2,1H3,(H,30,31)/b7-6+,8-2-,22-11+. The lowest BCUT2D eigenvalue weighted by atomic mass is 10.0. The van der Waals surface area contributed by atoms with Crippen LogP contribution in [0, 0.1) is 5.92 Å². The van der Waals surface area contributed by atoms with Crippen LogP contribution in [0.2, 0.25) is 0 Å². The van der Waals surface area contributed by atoms with E-state index in [0.29, 0.717) is 13.1 Å². The van der Waals surface area contributed by atoms with Gasteiger partial charge in [-0.25, -0.2) is 4.98 Å². The summed E-state index contributed by atoms with van der Waals surface area (Å²) >= 11 is 0. The molecule has 0 saturated carbocycles. The lowest BCUT2D eigenvalue weighted by Crippen LogP contribution is -2.50. The largest absolute Gasteiger partial charge is 0.481 e. The Labute approximate surface area is 182 Å². The van der Waals surface area contributed by atoms with Gasteiger partial charge in [0, 0.05) is 37.6 Å². The highest BCUT2D eigenvalue weighted by Gasteiger charge is 2.31. The van der Waals surface area contributed by atoms with E-state index in [0.717, 1.165) is 29.9 Å². The van der Waals surface area contributed by atoms with Gasteiger partial charge in [0.05, 0.1) is 11.6 Å². The summed E-state index contributed by atoms with van der Waals surface area (Å²) in [5.41, 5.74) is 5.42. The number of likely N-dealkylation sites (tertiary alicyclic amines) is 1. The van der Waals surface area contributed by atoms with Crippen molar-refractivity contribution in [3.05, 3.63) is 102 Å². The lowest BCUT2D eigenvalue weighted by Gasteiger charge is -2.35. The molecule has 1 saturated heterocycles. The van der Waals surface area contributed by atoms with Gasteiger partial charge >= 0.3 is 5.97 Å². The molecule has 5 heteroatoms. The van der Waals surface area contributed by atoms with E-state index >= 15 is 0 Å². The number of carbonyl (C=O) groups is 1. The highest BCUT2D eigenvalue weighted by Crippen LogP contribution is 2.19. The molecule has 0 bridgehead atoms. The summed E-state index contributed by atoms with van der Waals surface area (Å²) in [5.74, 6) is -0.915. The molecule has 1 fully saturated rings. The molecule has 1 N–H and O–H groups in total. The van der Waals surface area contributed by atoms with Crippen molar-refractivity contribution in [3.8, 4) is 0 Å². The number of aromatic nitrogens is 2. The molecule has 0 atom stereocenters. The second kappa shape index (κ2) is 9.58. The normalized spacial score (nSPS) is 15.8.